The maximum Gasteiger partial charge on any atom is 0.241 e. The molecule has 0 saturated carbocycles. The van der Waals surface area contributed by atoms with Gasteiger partial charge in [0.1, 0.15) is 0 Å². The van der Waals surface area contributed by atoms with Crippen molar-refractivity contribution in [3.63, 3.8) is 0 Å². The van der Waals surface area contributed by atoms with E-state index in [0.717, 1.165) is 31.5 Å². The highest BCUT2D eigenvalue weighted by Gasteiger charge is 2.26. The number of benzene rings is 2. The van der Waals surface area contributed by atoms with Crippen LogP contribution in [0.5, 0.6) is 0 Å². The third-order valence-corrected chi connectivity index (χ3v) is 5.89. The molecular formula is C21H19Cl3N4O2. The van der Waals surface area contributed by atoms with E-state index in [1.165, 1.54) is 0 Å². The van der Waals surface area contributed by atoms with Gasteiger partial charge in [-0.05, 0) is 68.4 Å². The second-order valence-corrected chi connectivity index (χ2v) is 8.46. The highest BCUT2D eigenvalue weighted by atomic mass is 35.5. The third-order valence-electron chi connectivity index (χ3n) is 5.07. The number of rotatable bonds is 5. The van der Waals surface area contributed by atoms with Crippen LogP contribution in [0, 0.1) is 5.92 Å². The van der Waals surface area contributed by atoms with Gasteiger partial charge in [-0.15, -0.1) is 0 Å². The maximum atomic E-state index is 12.6. The Morgan fingerprint density at radius 1 is 1.07 bits per heavy atom. The summed E-state index contributed by atoms with van der Waals surface area (Å²) in [5.74, 6) is 0.966. The molecule has 0 aliphatic carbocycles. The van der Waals surface area contributed by atoms with E-state index >= 15 is 0 Å². The standard InChI is InChI=1S/C21H19Cl3N4O2/c22-15-3-1-13(2-4-15)20-26-19(30-27-20)12-28-9-7-14(8-10-28)21(29)25-18-11-16(23)5-6-17(18)24/h1-6,11,14H,7-10,12H2,(H,25,29). The summed E-state index contributed by atoms with van der Waals surface area (Å²) < 4.78 is 5.39. The number of nitrogens with one attached hydrogen (secondary N) is 1. The Balaban J connectivity index is 1.30. The van der Waals surface area contributed by atoms with E-state index in [4.69, 9.17) is 39.3 Å². The van der Waals surface area contributed by atoms with Gasteiger partial charge in [0.15, 0.2) is 0 Å². The van der Waals surface area contributed by atoms with Crippen LogP contribution in [-0.2, 0) is 11.3 Å². The molecule has 1 aromatic heterocycles. The zero-order valence-corrected chi connectivity index (χ0v) is 18.2. The van der Waals surface area contributed by atoms with Gasteiger partial charge in [-0.25, -0.2) is 0 Å². The summed E-state index contributed by atoms with van der Waals surface area (Å²) in [5, 5.41) is 8.59. The molecule has 2 heterocycles. The van der Waals surface area contributed by atoms with Gasteiger partial charge in [0.05, 0.1) is 17.3 Å². The molecule has 1 fully saturated rings. The van der Waals surface area contributed by atoms with E-state index in [9.17, 15) is 4.79 Å². The van der Waals surface area contributed by atoms with Crippen LogP contribution in [-0.4, -0.2) is 34.0 Å². The highest BCUT2D eigenvalue weighted by molar-refractivity contribution is 6.35. The lowest BCUT2D eigenvalue weighted by Gasteiger charge is -2.30. The monoisotopic (exact) mass is 464 g/mol. The van der Waals surface area contributed by atoms with Crippen LogP contribution in [0.2, 0.25) is 15.1 Å². The Kier molecular flexibility index (Phi) is 6.58. The van der Waals surface area contributed by atoms with Crippen molar-refractivity contribution in [2.45, 2.75) is 19.4 Å². The molecule has 4 rings (SSSR count). The number of anilines is 1. The van der Waals surface area contributed by atoms with E-state index in [2.05, 4.69) is 20.4 Å². The minimum Gasteiger partial charge on any atom is -0.338 e. The minimum atomic E-state index is -0.0800. The molecule has 1 amide bonds. The van der Waals surface area contributed by atoms with Crippen molar-refractivity contribution >= 4 is 46.4 Å². The Hall–Kier alpha value is -2.12. The molecule has 0 unspecified atom stereocenters. The van der Waals surface area contributed by atoms with E-state index in [-0.39, 0.29) is 11.8 Å². The van der Waals surface area contributed by atoms with Gasteiger partial charge < -0.3 is 9.84 Å². The van der Waals surface area contributed by atoms with Gasteiger partial charge >= 0.3 is 0 Å². The van der Waals surface area contributed by atoms with Crippen LogP contribution < -0.4 is 5.32 Å². The lowest BCUT2D eigenvalue weighted by molar-refractivity contribution is -0.121. The molecular weight excluding hydrogens is 447 g/mol. The number of amides is 1. The van der Waals surface area contributed by atoms with Crippen molar-refractivity contribution in [3.05, 3.63) is 63.4 Å². The normalized spacial score (nSPS) is 15.3. The first-order valence-electron chi connectivity index (χ1n) is 9.55. The molecule has 1 aliphatic heterocycles. The first kappa shape index (κ1) is 21.1. The largest absolute Gasteiger partial charge is 0.338 e. The lowest BCUT2D eigenvalue weighted by Crippen LogP contribution is -2.37. The molecule has 6 nitrogen and oxygen atoms in total. The van der Waals surface area contributed by atoms with Crippen LogP contribution in [0.25, 0.3) is 11.4 Å². The van der Waals surface area contributed by atoms with Gasteiger partial charge in [0.2, 0.25) is 17.6 Å². The quantitative estimate of drug-likeness (QED) is 0.535. The molecule has 3 aromatic rings. The van der Waals surface area contributed by atoms with E-state index in [1.54, 1.807) is 30.3 Å². The fourth-order valence-corrected chi connectivity index (χ4v) is 3.87. The molecule has 1 saturated heterocycles. The Morgan fingerprint density at radius 3 is 2.50 bits per heavy atom. The predicted octanol–water partition coefficient (Wildman–Crippen LogP) is 5.55. The SMILES string of the molecule is O=C(Nc1cc(Cl)ccc1Cl)C1CCN(Cc2nc(-c3ccc(Cl)cc3)no2)CC1. The summed E-state index contributed by atoms with van der Waals surface area (Å²) in [6.07, 6.45) is 1.48. The van der Waals surface area contributed by atoms with Crippen molar-refractivity contribution < 1.29 is 9.32 Å². The number of nitrogens with zero attached hydrogens (tertiary/aromatic N) is 3. The number of hydrogen-bond acceptors (Lipinski definition) is 5. The van der Waals surface area contributed by atoms with Crippen molar-refractivity contribution in [2.75, 3.05) is 18.4 Å². The number of likely N-dealkylation sites (tertiary alicyclic amines) is 1. The highest BCUT2D eigenvalue weighted by Crippen LogP contribution is 2.27. The van der Waals surface area contributed by atoms with Gasteiger partial charge in [0, 0.05) is 21.5 Å². The summed E-state index contributed by atoms with van der Waals surface area (Å²) in [6, 6.07) is 12.3. The average Bonchev–Trinajstić information content (AvgIpc) is 3.20. The Morgan fingerprint density at radius 2 is 1.77 bits per heavy atom. The van der Waals surface area contributed by atoms with Crippen molar-refractivity contribution in [1.29, 1.82) is 0 Å². The van der Waals surface area contributed by atoms with E-state index in [0.29, 0.717) is 39.0 Å². The van der Waals surface area contributed by atoms with Crippen molar-refractivity contribution in [1.82, 2.24) is 15.0 Å². The topological polar surface area (TPSA) is 71.3 Å². The number of hydrogen-bond donors (Lipinski definition) is 1. The van der Waals surface area contributed by atoms with Crippen LogP contribution >= 0.6 is 34.8 Å². The Labute approximate surface area is 189 Å². The molecule has 0 atom stereocenters. The molecule has 0 radical (unpaired) electrons. The second-order valence-electron chi connectivity index (χ2n) is 7.18. The van der Waals surface area contributed by atoms with Crippen LogP contribution in [0.15, 0.2) is 47.0 Å². The van der Waals surface area contributed by atoms with Crippen molar-refractivity contribution in [2.24, 2.45) is 5.92 Å². The first-order chi connectivity index (χ1) is 14.5. The van der Waals surface area contributed by atoms with Crippen LogP contribution in [0.4, 0.5) is 5.69 Å². The molecule has 1 N–H and O–H groups in total. The lowest BCUT2D eigenvalue weighted by atomic mass is 9.96. The number of carbonyl (C=O) groups is 1. The van der Waals surface area contributed by atoms with Crippen molar-refractivity contribution in [3.8, 4) is 11.4 Å². The molecule has 1 aliphatic rings. The molecule has 2 aromatic carbocycles. The van der Waals surface area contributed by atoms with E-state index < -0.39 is 0 Å². The van der Waals surface area contributed by atoms with Gasteiger partial charge in [-0.1, -0.05) is 40.0 Å². The number of aromatic nitrogens is 2. The molecule has 0 bridgehead atoms. The summed E-state index contributed by atoms with van der Waals surface area (Å²) in [7, 11) is 0. The molecule has 9 heteroatoms. The zero-order chi connectivity index (χ0) is 21.1. The predicted molar refractivity (Wildman–Crippen MR) is 118 cm³/mol. The minimum absolute atomic E-state index is 0.0402. The fourth-order valence-electron chi connectivity index (χ4n) is 3.41. The third kappa shape index (κ3) is 5.13. The van der Waals surface area contributed by atoms with Crippen LogP contribution in [0.1, 0.15) is 18.7 Å². The summed E-state index contributed by atoms with van der Waals surface area (Å²) >= 11 is 18.0. The van der Waals surface area contributed by atoms with Crippen LogP contribution in [0.3, 0.4) is 0 Å². The summed E-state index contributed by atoms with van der Waals surface area (Å²) in [5.41, 5.74) is 1.39. The maximum absolute atomic E-state index is 12.6. The number of halogens is 3. The zero-order valence-electron chi connectivity index (χ0n) is 15.9. The second kappa shape index (κ2) is 9.35. The summed E-state index contributed by atoms with van der Waals surface area (Å²) in [4.78, 5) is 19.3. The van der Waals surface area contributed by atoms with Gasteiger partial charge in [-0.3, -0.25) is 9.69 Å². The van der Waals surface area contributed by atoms with E-state index in [1.807, 2.05) is 12.1 Å². The first-order valence-corrected chi connectivity index (χ1v) is 10.7. The molecule has 0 spiro atoms. The average molecular weight is 466 g/mol. The molecule has 156 valence electrons. The number of piperidine rings is 1. The fraction of sp³-hybridized carbons (Fsp3) is 0.286. The Bertz CT molecular complexity index is 1030. The summed E-state index contributed by atoms with van der Waals surface area (Å²) in [6.45, 7) is 2.08. The smallest absolute Gasteiger partial charge is 0.241 e. The number of carbonyl (C=O) groups excluding carboxylic acids is 1. The van der Waals surface area contributed by atoms with Gasteiger partial charge in [0.25, 0.3) is 0 Å². The molecule has 30 heavy (non-hydrogen) atoms. The van der Waals surface area contributed by atoms with Gasteiger partial charge in [-0.2, -0.15) is 4.98 Å².